The highest BCUT2D eigenvalue weighted by Gasteiger charge is 2.30. The minimum atomic E-state index is -4.54. The standard InChI is InChI=1S/C10H10F3N3O3/c1-14-7-3-2-6(16(18)19)4-8(7)15(9(14)17)5-10(11,12)13/h2-4,18-19H,5H2,1H3/p+1. The minimum absolute atomic E-state index is 0.0112. The number of aromatic nitrogens is 2. The number of quaternary nitrogens is 1. The number of imidazole rings is 1. The Hall–Kier alpha value is -1.84. The average molecular weight is 278 g/mol. The van der Waals surface area contributed by atoms with Crippen LogP contribution < -0.4 is 10.9 Å². The van der Waals surface area contributed by atoms with Gasteiger partial charge in [0.2, 0.25) is 0 Å². The SMILES string of the molecule is Cn1c(=O)n(CC(F)(F)F)c2cc([NH+](O)O)ccc21. The van der Waals surface area contributed by atoms with E-state index in [-0.39, 0.29) is 16.7 Å². The van der Waals surface area contributed by atoms with Crippen molar-refractivity contribution in [3.8, 4) is 0 Å². The molecule has 0 aliphatic heterocycles. The summed E-state index contributed by atoms with van der Waals surface area (Å²) < 4.78 is 38.9. The molecule has 0 radical (unpaired) electrons. The highest BCUT2D eigenvalue weighted by atomic mass is 19.4. The van der Waals surface area contributed by atoms with Gasteiger partial charge in [0.05, 0.1) is 11.0 Å². The average Bonchev–Trinajstić information content (AvgIpc) is 2.52. The molecule has 3 N–H and O–H groups in total. The van der Waals surface area contributed by atoms with E-state index in [4.69, 9.17) is 10.4 Å². The van der Waals surface area contributed by atoms with E-state index in [0.717, 1.165) is 10.6 Å². The number of nitrogens with zero attached hydrogens (tertiary/aromatic N) is 2. The summed E-state index contributed by atoms with van der Waals surface area (Å²) in [6.07, 6.45) is -4.54. The summed E-state index contributed by atoms with van der Waals surface area (Å²) in [5.41, 5.74) is -0.613. The molecular formula is C10H11F3N3O3+. The summed E-state index contributed by atoms with van der Waals surface area (Å²) in [6.45, 7) is -1.43. The topological polar surface area (TPSA) is 71.8 Å². The van der Waals surface area contributed by atoms with Gasteiger partial charge in [0.15, 0.2) is 5.69 Å². The minimum Gasteiger partial charge on any atom is -0.295 e. The van der Waals surface area contributed by atoms with Gasteiger partial charge in [-0.2, -0.15) is 23.6 Å². The summed E-state index contributed by atoms with van der Waals surface area (Å²) in [4.78, 5) is 11.7. The predicted molar refractivity (Wildman–Crippen MR) is 57.4 cm³/mol. The van der Waals surface area contributed by atoms with Crippen LogP contribution in [0.2, 0.25) is 0 Å². The Morgan fingerprint density at radius 1 is 1.26 bits per heavy atom. The maximum Gasteiger partial charge on any atom is 0.406 e. The van der Waals surface area contributed by atoms with Gasteiger partial charge in [-0.15, -0.1) is 0 Å². The van der Waals surface area contributed by atoms with Crippen molar-refractivity contribution in [2.45, 2.75) is 12.7 Å². The molecule has 19 heavy (non-hydrogen) atoms. The lowest BCUT2D eigenvalue weighted by molar-refractivity contribution is -1.19. The lowest BCUT2D eigenvalue weighted by Crippen LogP contribution is -3.01. The van der Waals surface area contributed by atoms with Crippen molar-refractivity contribution in [3.63, 3.8) is 0 Å². The molecule has 104 valence electrons. The fourth-order valence-corrected chi connectivity index (χ4v) is 1.88. The van der Waals surface area contributed by atoms with Gasteiger partial charge in [-0.3, -0.25) is 9.13 Å². The van der Waals surface area contributed by atoms with Crippen LogP contribution in [0.4, 0.5) is 18.9 Å². The number of nitrogens with one attached hydrogen (secondary N) is 1. The van der Waals surface area contributed by atoms with E-state index < -0.39 is 23.6 Å². The normalized spacial score (nSPS) is 12.6. The Kier molecular flexibility index (Phi) is 3.12. The first-order valence-corrected chi connectivity index (χ1v) is 5.22. The maximum atomic E-state index is 12.4. The van der Waals surface area contributed by atoms with Crippen molar-refractivity contribution in [1.82, 2.24) is 9.13 Å². The van der Waals surface area contributed by atoms with Crippen LogP contribution >= 0.6 is 0 Å². The van der Waals surface area contributed by atoms with Crippen LogP contribution in [0.3, 0.4) is 0 Å². The van der Waals surface area contributed by atoms with E-state index in [9.17, 15) is 18.0 Å². The molecule has 1 aromatic heterocycles. The zero-order valence-corrected chi connectivity index (χ0v) is 9.77. The first kappa shape index (κ1) is 13.6. The van der Waals surface area contributed by atoms with Crippen LogP contribution in [0.1, 0.15) is 0 Å². The Labute approximate surface area is 104 Å². The second-order valence-electron chi connectivity index (χ2n) is 4.07. The number of hydrogen-bond acceptors (Lipinski definition) is 3. The molecule has 0 spiro atoms. The highest BCUT2D eigenvalue weighted by Crippen LogP contribution is 2.21. The number of halogens is 3. The third kappa shape index (κ3) is 2.48. The van der Waals surface area contributed by atoms with Crippen LogP contribution in [0.15, 0.2) is 23.0 Å². The van der Waals surface area contributed by atoms with Crippen LogP contribution in [0.25, 0.3) is 11.0 Å². The molecule has 2 rings (SSSR count). The Balaban J connectivity index is 2.70. The molecular weight excluding hydrogens is 267 g/mol. The molecule has 2 aromatic rings. The molecule has 0 aliphatic rings. The summed E-state index contributed by atoms with van der Waals surface area (Å²) in [5.74, 6) is 0. The lowest BCUT2D eigenvalue weighted by atomic mass is 10.2. The lowest BCUT2D eigenvalue weighted by Gasteiger charge is -2.07. The summed E-state index contributed by atoms with van der Waals surface area (Å²) in [7, 11) is 1.35. The predicted octanol–water partition coefficient (Wildman–Crippen LogP) is 0.197. The van der Waals surface area contributed by atoms with Gasteiger partial charge in [-0.25, -0.2) is 4.79 Å². The zero-order valence-electron chi connectivity index (χ0n) is 9.77. The Morgan fingerprint density at radius 2 is 1.89 bits per heavy atom. The van der Waals surface area contributed by atoms with Gasteiger partial charge in [-0.05, 0) is 11.3 Å². The van der Waals surface area contributed by atoms with Gasteiger partial charge in [0.1, 0.15) is 6.54 Å². The van der Waals surface area contributed by atoms with Crippen molar-refractivity contribution < 1.29 is 28.8 Å². The molecule has 0 saturated carbocycles. The van der Waals surface area contributed by atoms with Crippen molar-refractivity contribution in [1.29, 1.82) is 0 Å². The molecule has 0 atom stereocenters. The van der Waals surface area contributed by atoms with Crippen molar-refractivity contribution >= 4 is 16.7 Å². The van der Waals surface area contributed by atoms with Gasteiger partial charge in [-0.1, -0.05) is 0 Å². The first-order valence-electron chi connectivity index (χ1n) is 5.22. The maximum absolute atomic E-state index is 12.4. The molecule has 0 amide bonds. The number of rotatable bonds is 2. The van der Waals surface area contributed by atoms with E-state index in [1.165, 1.54) is 19.2 Å². The molecule has 0 fully saturated rings. The molecule has 0 saturated heterocycles. The smallest absolute Gasteiger partial charge is 0.295 e. The molecule has 6 nitrogen and oxygen atoms in total. The molecule has 0 bridgehead atoms. The summed E-state index contributed by atoms with van der Waals surface area (Å²) >= 11 is 0. The molecule has 1 aromatic carbocycles. The van der Waals surface area contributed by atoms with E-state index in [2.05, 4.69) is 0 Å². The summed E-state index contributed by atoms with van der Waals surface area (Å²) in [5, 5.41) is 16.9. The fourth-order valence-electron chi connectivity index (χ4n) is 1.88. The third-order valence-electron chi connectivity index (χ3n) is 2.74. The van der Waals surface area contributed by atoms with Gasteiger partial charge in [0, 0.05) is 19.2 Å². The van der Waals surface area contributed by atoms with Crippen molar-refractivity contribution in [2.24, 2.45) is 7.05 Å². The second-order valence-corrected chi connectivity index (χ2v) is 4.07. The molecule has 9 heteroatoms. The number of alkyl halides is 3. The van der Waals surface area contributed by atoms with Crippen LogP contribution in [0.5, 0.6) is 0 Å². The monoisotopic (exact) mass is 278 g/mol. The molecule has 0 aliphatic carbocycles. The number of hydrogen-bond donors (Lipinski definition) is 3. The fraction of sp³-hybridized carbons (Fsp3) is 0.300. The third-order valence-corrected chi connectivity index (χ3v) is 2.74. The van der Waals surface area contributed by atoms with Gasteiger partial charge >= 0.3 is 11.9 Å². The Morgan fingerprint density at radius 3 is 2.42 bits per heavy atom. The zero-order chi connectivity index (χ0) is 14.4. The molecule has 1 heterocycles. The van der Waals surface area contributed by atoms with Gasteiger partial charge < -0.3 is 0 Å². The van der Waals surface area contributed by atoms with E-state index >= 15 is 0 Å². The summed E-state index contributed by atoms with van der Waals surface area (Å²) in [6, 6.07) is 3.78. The van der Waals surface area contributed by atoms with Crippen molar-refractivity contribution in [2.75, 3.05) is 0 Å². The number of benzene rings is 1. The van der Waals surface area contributed by atoms with E-state index in [0.29, 0.717) is 4.57 Å². The van der Waals surface area contributed by atoms with E-state index in [1.54, 1.807) is 0 Å². The number of aryl methyl sites for hydroxylation is 1. The highest BCUT2D eigenvalue weighted by molar-refractivity contribution is 5.78. The number of fused-ring (bicyclic) bond motifs is 1. The van der Waals surface area contributed by atoms with Crippen molar-refractivity contribution in [3.05, 3.63) is 28.7 Å². The first-order chi connectivity index (χ1) is 8.70. The quantitative estimate of drug-likeness (QED) is 0.687. The van der Waals surface area contributed by atoms with Gasteiger partial charge in [0.25, 0.3) is 0 Å². The van der Waals surface area contributed by atoms with Crippen LogP contribution in [0, 0.1) is 0 Å². The van der Waals surface area contributed by atoms with E-state index in [1.807, 2.05) is 0 Å². The Bertz CT molecular complexity index is 672. The second kappa shape index (κ2) is 4.37. The van der Waals surface area contributed by atoms with Crippen LogP contribution in [-0.4, -0.2) is 25.7 Å². The molecule has 0 unspecified atom stereocenters. The van der Waals surface area contributed by atoms with Crippen LogP contribution in [-0.2, 0) is 13.6 Å². The largest absolute Gasteiger partial charge is 0.406 e.